The third kappa shape index (κ3) is 4.04. The first kappa shape index (κ1) is 15.5. The van der Waals surface area contributed by atoms with E-state index in [-0.39, 0.29) is 23.6 Å². The first-order valence-electron chi connectivity index (χ1n) is 6.57. The lowest BCUT2D eigenvalue weighted by Crippen LogP contribution is -2.11. The molecule has 6 heteroatoms. The van der Waals surface area contributed by atoms with E-state index >= 15 is 0 Å². The van der Waals surface area contributed by atoms with Crippen LogP contribution in [0.2, 0.25) is 5.02 Å². The first-order valence-corrected chi connectivity index (χ1v) is 6.94. The molecule has 0 fully saturated rings. The van der Waals surface area contributed by atoms with E-state index in [0.717, 1.165) is 11.4 Å². The topological polar surface area (TPSA) is 44.1 Å². The van der Waals surface area contributed by atoms with Crippen molar-refractivity contribution >= 4 is 17.6 Å². The van der Waals surface area contributed by atoms with Crippen molar-refractivity contribution in [2.24, 2.45) is 0 Å². The molecule has 0 unspecified atom stereocenters. The average molecular weight is 311 g/mol. The predicted molar refractivity (Wildman–Crippen MR) is 77.5 cm³/mol. The fraction of sp³-hybridized carbons (Fsp3) is 0.333. The maximum absolute atomic E-state index is 13.5. The van der Waals surface area contributed by atoms with Crippen LogP contribution >= 0.6 is 11.6 Å². The van der Waals surface area contributed by atoms with E-state index in [2.05, 4.69) is 5.10 Å². The van der Waals surface area contributed by atoms with Gasteiger partial charge in [0.15, 0.2) is 0 Å². The van der Waals surface area contributed by atoms with E-state index in [9.17, 15) is 9.18 Å². The summed E-state index contributed by atoms with van der Waals surface area (Å²) < 4.78 is 20.3. The van der Waals surface area contributed by atoms with Crippen molar-refractivity contribution in [3.63, 3.8) is 0 Å². The minimum Gasteiger partial charge on any atom is -0.461 e. The van der Waals surface area contributed by atoms with Crippen molar-refractivity contribution < 1.29 is 13.9 Å². The normalized spacial score (nSPS) is 10.7. The van der Waals surface area contributed by atoms with Crippen LogP contribution in [0.15, 0.2) is 24.3 Å². The van der Waals surface area contributed by atoms with Gasteiger partial charge in [-0.3, -0.25) is 9.48 Å². The number of benzene rings is 1. The largest absolute Gasteiger partial charge is 0.461 e. The van der Waals surface area contributed by atoms with Gasteiger partial charge >= 0.3 is 5.97 Å². The summed E-state index contributed by atoms with van der Waals surface area (Å²) in [5, 5.41) is 4.51. The molecule has 21 heavy (non-hydrogen) atoms. The Bertz CT molecular complexity index is 635. The minimum atomic E-state index is -0.478. The van der Waals surface area contributed by atoms with Gasteiger partial charge in [-0.15, -0.1) is 0 Å². The third-order valence-corrected chi connectivity index (χ3v) is 3.42. The van der Waals surface area contributed by atoms with Gasteiger partial charge in [0.1, 0.15) is 12.4 Å². The fourth-order valence-corrected chi connectivity index (χ4v) is 2.21. The number of esters is 1. The Morgan fingerprint density at radius 1 is 1.43 bits per heavy atom. The molecule has 2 aromatic rings. The average Bonchev–Trinajstić information content (AvgIpc) is 2.74. The highest BCUT2D eigenvalue weighted by molar-refractivity contribution is 6.31. The Kier molecular flexibility index (Phi) is 4.96. The van der Waals surface area contributed by atoms with E-state index in [1.807, 2.05) is 19.9 Å². The number of hydrogen-bond donors (Lipinski definition) is 0. The molecule has 4 nitrogen and oxygen atoms in total. The zero-order chi connectivity index (χ0) is 15.4. The molecule has 0 N–H and O–H groups in total. The zero-order valence-electron chi connectivity index (χ0n) is 11.9. The Morgan fingerprint density at radius 2 is 2.19 bits per heavy atom. The number of carbonyl (C=O) groups excluding carboxylic acids is 1. The Labute approximate surface area is 127 Å². The van der Waals surface area contributed by atoms with E-state index in [1.54, 1.807) is 10.7 Å². The monoisotopic (exact) mass is 310 g/mol. The molecule has 1 aromatic carbocycles. The smallest absolute Gasteiger partial charge is 0.308 e. The number of ether oxygens (including phenoxy) is 1. The summed E-state index contributed by atoms with van der Waals surface area (Å²) in [5.74, 6) is -0.893. The fourth-order valence-electron chi connectivity index (χ4n) is 1.99. The second-order valence-corrected chi connectivity index (χ2v) is 5.17. The summed E-state index contributed by atoms with van der Waals surface area (Å²) in [4.78, 5) is 11.7. The number of aromatic nitrogens is 2. The second kappa shape index (κ2) is 6.72. The minimum absolute atomic E-state index is 0.165. The molecule has 0 aliphatic rings. The predicted octanol–water partition coefficient (Wildman–Crippen LogP) is 3.43. The van der Waals surface area contributed by atoms with Crippen LogP contribution in [0.4, 0.5) is 4.39 Å². The molecule has 0 aliphatic heterocycles. The van der Waals surface area contributed by atoms with Gasteiger partial charge in [-0.05, 0) is 32.0 Å². The number of carbonyl (C=O) groups is 1. The number of halogens is 2. The molecular formula is C15H16ClFN2O2. The van der Waals surface area contributed by atoms with Crippen LogP contribution in [-0.4, -0.2) is 15.7 Å². The van der Waals surface area contributed by atoms with Crippen LogP contribution < -0.4 is 0 Å². The summed E-state index contributed by atoms with van der Waals surface area (Å²) >= 11 is 5.86. The summed E-state index contributed by atoms with van der Waals surface area (Å²) in [7, 11) is 0. The molecule has 0 amide bonds. The van der Waals surface area contributed by atoms with Crippen LogP contribution in [0.3, 0.4) is 0 Å². The van der Waals surface area contributed by atoms with Crippen LogP contribution in [0.1, 0.15) is 23.4 Å². The summed E-state index contributed by atoms with van der Waals surface area (Å²) in [5.41, 5.74) is 2.08. The van der Waals surface area contributed by atoms with Crippen LogP contribution in [-0.2, 0) is 22.7 Å². The van der Waals surface area contributed by atoms with Crippen molar-refractivity contribution in [1.82, 2.24) is 9.78 Å². The highest BCUT2D eigenvalue weighted by Gasteiger charge is 2.11. The van der Waals surface area contributed by atoms with Gasteiger partial charge in [-0.25, -0.2) is 4.39 Å². The van der Waals surface area contributed by atoms with Crippen molar-refractivity contribution in [2.45, 2.75) is 33.4 Å². The molecule has 0 radical (unpaired) electrons. The van der Waals surface area contributed by atoms with Crippen LogP contribution in [0, 0.1) is 19.7 Å². The molecule has 0 spiro atoms. The molecule has 0 saturated heterocycles. The van der Waals surface area contributed by atoms with E-state index in [0.29, 0.717) is 6.54 Å². The standard InChI is InChI=1S/C15H16ClFN2O2/c1-10-8-11(2)19(18-10)7-6-15(20)21-9-12-13(16)4-3-5-14(12)17/h3-5,8H,6-7,9H2,1-2H3. The first-order chi connectivity index (χ1) is 9.97. The van der Waals surface area contributed by atoms with Gasteiger partial charge < -0.3 is 4.74 Å². The van der Waals surface area contributed by atoms with Gasteiger partial charge in [-0.2, -0.15) is 5.10 Å². The Hall–Kier alpha value is -1.88. The van der Waals surface area contributed by atoms with E-state index < -0.39 is 11.8 Å². The molecular weight excluding hydrogens is 295 g/mol. The lowest BCUT2D eigenvalue weighted by atomic mass is 10.2. The Balaban J connectivity index is 1.87. The second-order valence-electron chi connectivity index (χ2n) is 4.76. The van der Waals surface area contributed by atoms with E-state index in [1.165, 1.54) is 12.1 Å². The van der Waals surface area contributed by atoms with Gasteiger partial charge in [0.25, 0.3) is 0 Å². The van der Waals surface area contributed by atoms with Crippen molar-refractivity contribution in [3.8, 4) is 0 Å². The number of hydrogen-bond acceptors (Lipinski definition) is 3. The third-order valence-electron chi connectivity index (χ3n) is 3.07. The quantitative estimate of drug-likeness (QED) is 0.795. The molecule has 1 heterocycles. The SMILES string of the molecule is Cc1cc(C)n(CCC(=O)OCc2c(F)cccc2Cl)n1. The lowest BCUT2D eigenvalue weighted by Gasteiger charge is -2.08. The molecule has 2 rings (SSSR count). The van der Waals surface area contributed by atoms with E-state index in [4.69, 9.17) is 16.3 Å². The lowest BCUT2D eigenvalue weighted by molar-refractivity contribution is -0.145. The summed E-state index contributed by atoms with van der Waals surface area (Å²) in [6.45, 7) is 4.08. The van der Waals surface area contributed by atoms with Crippen molar-refractivity contribution in [2.75, 3.05) is 0 Å². The maximum Gasteiger partial charge on any atom is 0.308 e. The Morgan fingerprint density at radius 3 is 2.81 bits per heavy atom. The maximum atomic E-state index is 13.5. The number of nitrogens with zero attached hydrogens (tertiary/aromatic N) is 2. The molecule has 0 aliphatic carbocycles. The van der Waals surface area contributed by atoms with Gasteiger partial charge in [-0.1, -0.05) is 17.7 Å². The molecule has 0 atom stereocenters. The summed E-state index contributed by atoms with van der Waals surface area (Å²) in [6.07, 6.45) is 0.175. The van der Waals surface area contributed by atoms with Gasteiger partial charge in [0, 0.05) is 11.3 Å². The molecule has 1 aromatic heterocycles. The number of rotatable bonds is 5. The highest BCUT2D eigenvalue weighted by Crippen LogP contribution is 2.19. The molecule has 0 saturated carbocycles. The van der Waals surface area contributed by atoms with Crippen LogP contribution in [0.5, 0.6) is 0 Å². The summed E-state index contributed by atoms with van der Waals surface area (Å²) in [6, 6.07) is 6.28. The molecule has 112 valence electrons. The number of aryl methyl sites for hydroxylation is 3. The van der Waals surface area contributed by atoms with Gasteiger partial charge in [0.2, 0.25) is 0 Å². The van der Waals surface area contributed by atoms with Gasteiger partial charge in [0.05, 0.1) is 23.7 Å². The highest BCUT2D eigenvalue weighted by atomic mass is 35.5. The van der Waals surface area contributed by atoms with Crippen LogP contribution in [0.25, 0.3) is 0 Å². The molecule has 0 bridgehead atoms. The zero-order valence-corrected chi connectivity index (χ0v) is 12.7. The van der Waals surface area contributed by atoms with Crippen molar-refractivity contribution in [3.05, 3.63) is 52.1 Å². The van der Waals surface area contributed by atoms with Crippen molar-refractivity contribution in [1.29, 1.82) is 0 Å².